The van der Waals surface area contributed by atoms with E-state index in [4.69, 9.17) is 5.73 Å². The number of carbonyl (C=O) groups excluding carboxylic acids is 1. The first-order valence-electron chi connectivity index (χ1n) is 13.3. The number of hydrogen-bond donors (Lipinski definition) is 2. The van der Waals surface area contributed by atoms with Gasteiger partial charge < -0.3 is 20.5 Å². The van der Waals surface area contributed by atoms with Crippen molar-refractivity contribution in [3.8, 4) is 0 Å². The van der Waals surface area contributed by atoms with Crippen LogP contribution in [0.4, 0.5) is 5.13 Å². The number of aryl methyl sites for hydroxylation is 2. The Bertz CT molecular complexity index is 1160. The largest absolute Gasteiger partial charge is 0.375 e. The Balaban J connectivity index is 1.11. The van der Waals surface area contributed by atoms with Crippen molar-refractivity contribution in [3.05, 3.63) is 46.6 Å². The van der Waals surface area contributed by atoms with Crippen molar-refractivity contribution in [1.29, 1.82) is 0 Å². The highest BCUT2D eigenvalue weighted by molar-refractivity contribution is 7.15. The quantitative estimate of drug-likeness (QED) is 0.454. The SMILES string of the molecule is CCCN(CCC1CCC(NC(=O)c2cn(C)c3ccccc23)CC1)[C@H]1CCc2nc(N)sc2C1. The molecule has 1 aromatic carbocycles. The summed E-state index contributed by atoms with van der Waals surface area (Å²) in [5.74, 6) is 0.831. The lowest BCUT2D eigenvalue weighted by molar-refractivity contribution is 0.0919. The predicted molar refractivity (Wildman–Crippen MR) is 145 cm³/mol. The van der Waals surface area contributed by atoms with Crippen LogP contribution in [0.2, 0.25) is 0 Å². The fourth-order valence-electron chi connectivity index (χ4n) is 6.18. The van der Waals surface area contributed by atoms with Crippen LogP contribution in [0.5, 0.6) is 0 Å². The summed E-state index contributed by atoms with van der Waals surface area (Å²) < 4.78 is 2.04. The maximum absolute atomic E-state index is 13.0. The highest BCUT2D eigenvalue weighted by atomic mass is 32.1. The van der Waals surface area contributed by atoms with Gasteiger partial charge in [0.1, 0.15) is 0 Å². The number of aromatic nitrogens is 2. The summed E-state index contributed by atoms with van der Waals surface area (Å²) in [5.41, 5.74) is 9.09. The molecule has 0 unspecified atom stereocenters. The van der Waals surface area contributed by atoms with Crippen LogP contribution in [0.25, 0.3) is 10.9 Å². The Morgan fingerprint density at radius 2 is 2.00 bits per heavy atom. The van der Waals surface area contributed by atoms with Gasteiger partial charge in [0, 0.05) is 41.1 Å². The van der Waals surface area contributed by atoms with Crippen molar-refractivity contribution in [2.45, 2.75) is 76.8 Å². The lowest BCUT2D eigenvalue weighted by atomic mass is 9.83. The average molecular weight is 494 g/mol. The second kappa shape index (κ2) is 10.7. The van der Waals surface area contributed by atoms with Crippen LogP contribution in [0.3, 0.4) is 0 Å². The minimum absolute atomic E-state index is 0.0692. The molecule has 188 valence electrons. The van der Waals surface area contributed by atoms with E-state index in [0.717, 1.165) is 53.2 Å². The maximum Gasteiger partial charge on any atom is 0.253 e. The highest BCUT2D eigenvalue weighted by Gasteiger charge is 2.28. The molecule has 7 heteroatoms. The molecule has 0 saturated heterocycles. The number of thiazole rings is 1. The Hall–Kier alpha value is -2.38. The summed E-state index contributed by atoms with van der Waals surface area (Å²) in [6, 6.07) is 9.05. The number of carbonyl (C=O) groups is 1. The van der Waals surface area contributed by atoms with Gasteiger partial charge in [-0.05, 0) is 82.9 Å². The van der Waals surface area contributed by atoms with Crippen molar-refractivity contribution in [2.75, 3.05) is 18.8 Å². The lowest BCUT2D eigenvalue weighted by Gasteiger charge is -2.36. The molecule has 1 amide bonds. The lowest BCUT2D eigenvalue weighted by Crippen LogP contribution is -2.41. The Morgan fingerprint density at radius 3 is 2.80 bits per heavy atom. The van der Waals surface area contributed by atoms with E-state index in [-0.39, 0.29) is 11.9 Å². The molecule has 5 rings (SSSR count). The first-order valence-corrected chi connectivity index (χ1v) is 14.2. The minimum atomic E-state index is 0.0692. The summed E-state index contributed by atoms with van der Waals surface area (Å²) in [6.07, 6.45) is 12.4. The van der Waals surface area contributed by atoms with Gasteiger partial charge >= 0.3 is 0 Å². The molecule has 1 fully saturated rings. The van der Waals surface area contributed by atoms with Gasteiger partial charge in [-0.25, -0.2) is 4.98 Å². The first kappa shape index (κ1) is 24.3. The number of hydrogen-bond acceptors (Lipinski definition) is 5. The molecule has 2 heterocycles. The van der Waals surface area contributed by atoms with E-state index in [2.05, 4.69) is 28.2 Å². The zero-order chi connectivity index (χ0) is 24.4. The van der Waals surface area contributed by atoms with Gasteiger partial charge in [0.15, 0.2) is 5.13 Å². The van der Waals surface area contributed by atoms with Gasteiger partial charge in [0.2, 0.25) is 0 Å². The zero-order valence-electron chi connectivity index (χ0n) is 21.1. The van der Waals surface area contributed by atoms with E-state index >= 15 is 0 Å². The summed E-state index contributed by atoms with van der Waals surface area (Å²) in [4.78, 5) is 21.7. The van der Waals surface area contributed by atoms with Crippen molar-refractivity contribution in [1.82, 2.24) is 19.8 Å². The Morgan fingerprint density at radius 1 is 1.20 bits per heavy atom. The number of nitrogens with zero attached hydrogens (tertiary/aromatic N) is 3. The standard InChI is InChI=1S/C28H39N5OS/c1-3-15-33(21-12-13-24-26(17-21)35-28(29)31-24)16-14-19-8-10-20(11-9-19)30-27(34)23-18-32(2)25-7-5-4-6-22(23)25/h4-7,18-21H,3,8-17H2,1-2H3,(H2,29,31)(H,30,34)/t19?,20?,21-/m0/s1. The van der Waals surface area contributed by atoms with Crippen molar-refractivity contribution < 1.29 is 4.79 Å². The van der Waals surface area contributed by atoms with E-state index < -0.39 is 0 Å². The van der Waals surface area contributed by atoms with Crippen LogP contribution < -0.4 is 11.1 Å². The summed E-state index contributed by atoms with van der Waals surface area (Å²) in [6.45, 7) is 4.64. The average Bonchev–Trinajstić information content (AvgIpc) is 3.41. The van der Waals surface area contributed by atoms with Crippen molar-refractivity contribution >= 4 is 33.3 Å². The van der Waals surface area contributed by atoms with E-state index in [1.165, 1.54) is 55.8 Å². The molecular formula is C28H39N5OS. The number of amides is 1. The molecule has 0 radical (unpaired) electrons. The molecule has 2 aliphatic rings. The molecule has 35 heavy (non-hydrogen) atoms. The second-order valence-electron chi connectivity index (χ2n) is 10.5. The number of nitrogens with one attached hydrogen (secondary N) is 1. The van der Waals surface area contributed by atoms with Crippen LogP contribution in [-0.2, 0) is 19.9 Å². The monoisotopic (exact) mass is 493 g/mol. The smallest absolute Gasteiger partial charge is 0.253 e. The molecule has 6 nitrogen and oxygen atoms in total. The molecule has 1 saturated carbocycles. The second-order valence-corrected chi connectivity index (χ2v) is 11.6. The van der Waals surface area contributed by atoms with E-state index in [1.807, 2.05) is 36.0 Å². The third kappa shape index (κ3) is 5.41. The normalized spacial score (nSPS) is 22.4. The third-order valence-corrected chi connectivity index (χ3v) is 9.05. The fraction of sp³-hybridized carbons (Fsp3) is 0.571. The summed E-state index contributed by atoms with van der Waals surface area (Å²) >= 11 is 1.68. The number of nitrogen functional groups attached to an aromatic ring is 1. The maximum atomic E-state index is 13.0. The molecule has 3 aromatic rings. The van der Waals surface area contributed by atoms with Crippen LogP contribution in [0.15, 0.2) is 30.5 Å². The number of anilines is 1. The predicted octanol–water partition coefficient (Wildman–Crippen LogP) is 5.17. The Kier molecular flexibility index (Phi) is 7.44. The van der Waals surface area contributed by atoms with Crippen LogP contribution in [0.1, 0.15) is 72.8 Å². The zero-order valence-corrected chi connectivity index (χ0v) is 21.9. The van der Waals surface area contributed by atoms with Gasteiger partial charge in [-0.3, -0.25) is 4.79 Å². The number of nitrogens with two attached hydrogens (primary N) is 1. The van der Waals surface area contributed by atoms with E-state index in [1.54, 1.807) is 11.3 Å². The first-order chi connectivity index (χ1) is 17.0. The molecule has 0 spiro atoms. The third-order valence-electron chi connectivity index (χ3n) is 8.11. The highest BCUT2D eigenvalue weighted by Crippen LogP contribution is 2.32. The molecular weight excluding hydrogens is 454 g/mol. The van der Waals surface area contributed by atoms with Gasteiger partial charge in [-0.1, -0.05) is 25.1 Å². The number of rotatable bonds is 8. The van der Waals surface area contributed by atoms with Crippen LogP contribution >= 0.6 is 11.3 Å². The fourth-order valence-corrected chi connectivity index (χ4v) is 7.13. The Labute approximate surface area is 212 Å². The van der Waals surface area contributed by atoms with Gasteiger partial charge in [0.05, 0.1) is 11.3 Å². The molecule has 1 atom stereocenters. The summed E-state index contributed by atoms with van der Waals surface area (Å²) in [5, 5.41) is 5.09. The number of fused-ring (bicyclic) bond motifs is 2. The minimum Gasteiger partial charge on any atom is -0.375 e. The van der Waals surface area contributed by atoms with Crippen LogP contribution in [0, 0.1) is 5.92 Å². The van der Waals surface area contributed by atoms with Gasteiger partial charge in [-0.15, -0.1) is 11.3 Å². The van der Waals surface area contributed by atoms with Crippen LogP contribution in [-0.4, -0.2) is 45.5 Å². The molecule has 2 aromatic heterocycles. The van der Waals surface area contributed by atoms with E-state index in [0.29, 0.717) is 6.04 Å². The molecule has 0 bridgehead atoms. The van der Waals surface area contributed by atoms with Gasteiger partial charge in [0.25, 0.3) is 5.91 Å². The van der Waals surface area contributed by atoms with E-state index in [9.17, 15) is 4.79 Å². The summed E-state index contributed by atoms with van der Waals surface area (Å²) in [7, 11) is 2.01. The van der Waals surface area contributed by atoms with Crippen molar-refractivity contribution in [2.24, 2.45) is 13.0 Å². The molecule has 2 aliphatic carbocycles. The van der Waals surface area contributed by atoms with Gasteiger partial charge in [-0.2, -0.15) is 0 Å². The van der Waals surface area contributed by atoms with Crippen molar-refractivity contribution in [3.63, 3.8) is 0 Å². The molecule has 0 aliphatic heterocycles. The number of benzene rings is 1. The number of para-hydroxylation sites is 1. The topological polar surface area (TPSA) is 76.2 Å². The molecule has 3 N–H and O–H groups in total.